The van der Waals surface area contributed by atoms with Gasteiger partial charge in [0, 0.05) is 11.4 Å². The molecule has 0 aliphatic heterocycles. The van der Waals surface area contributed by atoms with Crippen molar-refractivity contribution in [3.05, 3.63) is 11.6 Å². The Balaban J connectivity index is 3.82. The third kappa shape index (κ3) is 3.90. The van der Waals surface area contributed by atoms with Crippen LogP contribution in [0.25, 0.3) is 0 Å². The van der Waals surface area contributed by atoms with Gasteiger partial charge in [-0.1, -0.05) is 6.92 Å². The molecule has 1 unspecified atom stereocenters. The number of carbonyl (C=O) groups is 1. The molecule has 0 saturated heterocycles. The van der Waals surface area contributed by atoms with Crippen LogP contribution >= 0.6 is 11.8 Å². The van der Waals surface area contributed by atoms with Gasteiger partial charge >= 0.3 is 5.97 Å². The molecule has 5 heteroatoms. The maximum absolute atomic E-state index is 10.3. The van der Waals surface area contributed by atoms with Crippen LogP contribution in [0.1, 0.15) is 6.92 Å². The summed E-state index contributed by atoms with van der Waals surface area (Å²) in [6.45, 7) is 1.74. The molecule has 0 spiro atoms. The Bertz CT molecular complexity index is 161. The third-order valence-corrected chi connectivity index (χ3v) is 2.20. The van der Waals surface area contributed by atoms with Crippen LogP contribution < -0.4 is 11.5 Å². The molecule has 0 heterocycles. The lowest BCUT2D eigenvalue weighted by atomic mass is 10.2. The highest BCUT2D eigenvalue weighted by molar-refractivity contribution is 8.02. The maximum Gasteiger partial charge on any atom is 0.321 e. The summed E-state index contributed by atoms with van der Waals surface area (Å²) < 4.78 is 0. The average molecular weight is 176 g/mol. The van der Waals surface area contributed by atoms with Crippen molar-refractivity contribution in [3.63, 3.8) is 0 Å². The zero-order chi connectivity index (χ0) is 8.85. The number of hydrogen-bond acceptors (Lipinski definition) is 4. The van der Waals surface area contributed by atoms with Crippen LogP contribution in [-0.2, 0) is 4.79 Å². The summed E-state index contributed by atoms with van der Waals surface area (Å²) in [5, 5.41) is 9.92. The molecular formula is C6H12N2O2S. The van der Waals surface area contributed by atoms with Crippen molar-refractivity contribution in [2.75, 3.05) is 0 Å². The quantitative estimate of drug-likeness (QED) is 0.559. The molecule has 0 aromatic rings. The Hall–Kier alpha value is -0.680. The van der Waals surface area contributed by atoms with Crippen molar-refractivity contribution in [2.24, 2.45) is 11.5 Å². The standard InChI is InChI=1S/C6H12N2O2S/c1-4(11-3-2-7)5(8)6(9)10/h2-5H,7-8H2,1H3,(H,9,10)/b3-2+/t4?,5-/m0/s1. The van der Waals surface area contributed by atoms with Gasteiger partial charge in [-0.15, -0.1) is 11.8 Å². The van der Waals surface area contributed by atoms with Gasteiger partial charge in [0.05, 0.1) is 0 Å². The summed E-state index contributed by atoms with van der Waals surface area (Å²) in [5.41, 5.74) is 10.4. The fraction of sp³-hybridized carbons (Fsp3) is 0.500. The fourth-order valence-electron chi connectivity index (χ4n) is 0.455. The fourth-order valence-corrected chi connectivity index (χ4v) is 1.08. The normalized spacial score (nSPS) is 16.5. The molecule has 0 radical (unpaired) electrons. The van der Waals surface area contributed by atoms with Gasteiger partial charge in [0.25, 0.3) is 0 Å². The Morgan fingerprint density at radius 3 is 2.64 bits per heavy atom. The first kappa shape index (κ1) is 10.3. The van der Waals surface area contributed by atoms with E-state index in [1.54, 1.807) is 12.3 Å². The Morgan fingerprint density at radius 1 is 1.73 bits per heavy atom. The van der Waals surface area contributed by atoms with Gasteiger partial charge < -0.3 is 16.6 Å². The highest BCUT2D eigenvalue weighted by Crippen LogP contribution is 2.13. The summed E-state index contributed by atoms with van der Waals surface area (Å²) in [6.07, 6.45) is 1.36. The van der Waals surface area contributed by atoms with E-state index in [1.807, 2.05) is 0 Å². The Labute approximate surface area is 69.6 Å². The van der Waals surface area contributed by atoms with Crippen LogP contribution in [0.2, 0.25) is 0 Å². The lowest BCUT2D eigenvalue weighted by molar-refractivity contribution is -0.138. The molecule has 2 atom stereocenters. The third-order valence-electron chi connectivity index (χ3n) is 1.16. The van der Waals surface area contributed by atoms with Gasteiger partial charge in [-0.2, -0.15) is 0 Å². The maximum atomic E-state index is 10.3. The van der Waals surface area contributed by atoms with Gasteiger partial charge in [0.1, 0.15) is 6.04 Å². The highest BCUT2D eigenvalue weighted by atomic mass is 32.2. The van der Waals surface area contributed by atoms with E-state index < -0.39 is 12.0 Å². The number of hydrogen-bond donors (Lipinski definition) is 3. The number of nitrogens with two attached hydrogens (primary N) is 2. The second-order valence-corrected chi connectivity index (χ2v) is 3.32. The highest BCUT2D eigenvalue weighted by Gasteiger charge is 2.18. The van der Waals surface area contributed by atoms with Crippen molar-refractivity contribution in [3.8, 4) is 0 Å². The molecule has 4 nitrogen and oxygen atoms in total. The van der Waals surface area contributed by atoms with Crippen LogP contribution in [0, 0.1) is 0 Å². The molecule has 0 amide bonds. The summed E-state index contributed by atoms with van der Waals surface area (Å²) >= 11 is 1.30. The average Bonchev–Trinajstić information content (AvgIpc) is 1.98. The van der Waals surface area contributed by atoms with E-state index in [2.05, 4.69) is 0 Å². The van der Waals surface area contributed by atoms with Crippen molar-refractivity contribution in [1.82, 2.24) is 0 Å². The van der Waals surface area contributed by atoms with E-state index in [0.717, 1.165) is 0 Å². The molecular weight excluding hydrogens is 164 g/mol. The van der Waals surface area contributed by atoms with E-state index in [4.69, 9.17) is 16.6 Å². The van der Waals surface area contributed by atoms with Crippen LogP contribution in [0.5, 0.6) is 0 Å². The molecule has 11 heavy (non-hydrogen) atoms. The van der Waals surface area contributed by atoms with Crippen molar-refractivity contribution < 1.29 is 9.90 Å². The Morgan fingerprint density at radius 2 is 2.27 bits per heavy atom. The monoisotopic (exact) mass is 176 g/mol. The molecule has 0 fully saturated rings. The first-order valence-electron chi connectivity index (χ1n) is 3.10. The van der Waals surface area contributed by atoms with Gasteiger partial charge in [-0.25, -0.2) is 0 Å². The molecule has 64 valence electrons. The van der Waals surface area contributed by atoms with Gasteiger partial charge in [0.15, 0.2) is 0 Å². The first-order valence-corrected chi connectivity index (χ1v) is 4.04. The Kier molecular flexibility index (Phi) is 4.72. The minimum absolute atomic E-state index is 0.160. The molecule has 0 aliphatic carbocycles. The lowest BCUT2D eigenvalue weighted by Gasteiger charge is -2.12. The summed E-state index contributed by atoms with van der Waals surface area (Å²) in [7, 11) is 0. The summed E-state index contributed by atoms with van der Waals surface area (Å²) in [5.74, 6) is -0.990. The largest absolute Gasteiger partial charge is 0.480 e. The van der Waals surface area contributed by atoms with E-state index >= 15 is 0 Å². The molecule has 0 rings (SSSR count). The topological polar surface area (TPSA) is 89.3 Å². The molecule has 0 saturated carbocycles. The predicted molar refractivity (Wildman–Crippen MR) is 46.0 cm³/mol. The number of aliphatic carboxylic acids is 1. The number of thioether (sulfide) groups is 1. The number of carboxylic acids is 1. The first-order chi connectivity index (χ1) is 5.09. The molecule has 5 N–H and O–H groups in total. The second-order valence-electron chi connectivity index (χ2n) is 2.03. The van der Waals surface area contributed by atoms with E-state index in [-0.39, 0.29) is 5.25 Å². The van der Waals surface area contributed by atoms with E-state index in [9.17, 15) is 4.79 Å². The van der Waals surface area contributed by atoms with Crippen LogP contribution in [-0.4, -0.2) is 22.4 Å². The van der Waals surface area contributed by atoms with Crippen molar-refractivity contribution in [1.29, 1.82) is 0 Å². The van der Waals surface area contributed by atoms with Gasteiger partial charge in [-0.3, -0.25) is 4.79 Å². The van der Waals surface area contributed by atoms with Gasteiger partial charge in [-0.05, 0) is 5.41 Å². The minimum Gasteiger partial charge on any atom is -0.480 e. The lowest BCUT2D eigenvalue weighted by Crippen LogP contribution is -2.38. The minimum atomic E-state index is -0.990. The SMILES string of the molecule is CC(S/C=C/N)[C@H](N)C(=O)O. The van der Waals surface area contributed by atoms with Crippen LogP contribution in [0.4, 0.5) is 0 Å². The number of rotatable bonds is 4. The summed E-state index contributed by atoms with van der Waals surface area (Å²) in [6, 6.07) is -0.837. The zero-order valence-corrected chi connectivity index (χ0v) is 7.04. The predicted octanol–water partition coefficient (Wildman–Crippen LogP) is -0.0501. The van der Waals surface area contributed by atoms with Crippen molar-refractivity contribution >= 4 is 17.7 Å². The molecule has 0 bridgehead atoms. The van der Waals surface area contributed by atoms with Crippen molar-refractivity contribution in [2.45, 2.75) is 18.2 Å². The smallest absolute Gasteiger partial charge is 0.321 e. The van der Waals surface area contributed by atoms with Gasteiger partial charge in [0.2, 0.25) is 0 Å². The van der Waals surface area contributed by atoms with Crippen LogP contribution in [0.15, 0.2) is 11.6 Å². The molecule has 0 aliphatic rings. The van der Waals surface area contributed by atoms with E-state index in [1.165, 1.54) is 18.0 Å². The molecule has 0 aromatic heterocycles. The van der Waals surface area contributed by atoms with E-state index in [0.29, 0.717) is 0 Å². The zero-order valence-electron chi connectivity index (χ0n) is 6.23. The second kappa shape index (κ2) is 5.03. The summed E-state index contributed by atoms with van der Waals surface area (Å²) in [4.78, 5) is 10.3. The number of carboxylic acid groups (broad SMARTS) is 1. The molecule has 0 aromatic carbocycles. The van der Waals surface area contributed by atoms with Crippen LogP contribution in [0.3, 0.4) is 0 Å².